The van der Waals surface area contributed by atoms with Crippen LogP contribution in [0.3, 0.4) is 0 Å². The smallest absolute Gasteiger partial charge is 0.0449 e. The second-order valence-corrected chi connectivity index (χ2v) is 7.09. The Balaban J connectivity index is 1.65. The van der Waals surface area contributed by atoms with Gasteiger partial charge in [0.15, 0.2) is 0 Å². The quantitative estimate of drug-likeness (QED) is 0.856. The number of nitrogens with one attached hydrogen (secondary N) is 1. The van der Waals surface area contributed by atoms with Gasteiger partial charge in [-0.3, -0.25) is 0 Å². The molecule has 2 fully saturated rings. The van der Waals surface area contributed by atoms with Crippen LogP contribution in [0.5, 0.6) is 0 Å². The standard InChI is InChI=1S/C19H30N2/c1-3-10-20-19(16-7-4-6-15(2)11-16)14-21-12-17-8-5-9-18(17)13-21/h4,6-7,11,17-20H,3,5,8-10,12-14H2,1-2H3. The van der Waals surface area contributed by atoms with Crippen LogP contribution in [0.2, 0.25) is 0 Å². The molecule has 2 nitrogen and oxygen atoms in total. The molecule has 1 aliphatic heterocycles. The van der Waals surface area contributed by atoms with Crippen LogP contribution in [-0.2, 0) is 0 Å². The van der Waals surface area contributed by atoms with E-state index in [0.29, 0.717) is 6.04 Å². The maximum absolute atomic E-state index is 3.76. The summed E-state index contributed by atoms with van der Waals surface area (Å²) >= 11 is 0. The lowest BCUT2D eigenvalue weighted by molar-refractivity contribution is 0.272. The largest absolute Gasteiger partial charge is 0.309 e. The van der Waals surface area contributed by atoms with Gasteiger partial charge in [-0.25, -0.2) is 0 Å². The van der Waals surface area contributed by atoms with Gasteiger partial charge in [0.2, 0.25) is 0 Å². The van der Waals surface area contributed by atoms with Gasteiger partial charge in [-0.1, -0.05) is 43.2 Å². The molecule has 3 rings (SSSR count). The minimum Gasteiger partial charge on any atom is -0.309 e. The first-order chi connectivity index (χ1) is 10.3. The van der Waals surface area contributed by atoms with Crippen LogP contribution in [0.1, 0.15) is 49.8 Å². The molecule has 1 saturated carbocycles. The van der Waals surface area contributed by atoms with Gasteiger partial charge in [-0.15, -0.1) is 0 Å². The molecule has 1 saturated heterocycles. The highest BCUT2D eigenvalue weighted by molar-refractivity contribution is 5.25. The summed E-state index contributed by atoms with van der Waals surface area (Å²) in [6, 6.07) is 9.52. The van der Waals surface area contributed by atoms with Gasteiger partial charge in [0, 0.05) is 25.7 Å². The number of rotatable bonds is 6. The molecular formula is C19H30N2. The minimum absolute atomic E-state index is 0.490. The molecule has 1 aliphatic carbocycles. The zero-order valence-corrected chi connectivity index (χ0v) is 13.6. The van der Waals surface area contributed by atoms with Gasteiger partial charge in [0.05, 0.1) is 0 Å². The second kappa shape index (κ2) is 6.93. The van der Waals surface area contributed by atoms with Crippen molar-refractivity contribution in [2.24, 2.45) is 11.8 Å². The predicted octanol–water partition coefficient (Wildman–Crippen LogP) is 3.77. The van der Waals surface area contributed by atoms with Crippen LogP contribution < -0.4 is 5.32 Å². The van der Waals surface area contributed by atoms with Gasteiger partial charge in [0.1, 0.15) is 0 Å². The Morgan fingerprint density at radius 1 is 1.24 bits per heavy atom. The Hall–Kier alpha value is -0.860. The number of benzene rings is 1. The molecule has 1 aromatic rings. The Labute approximate surface area is 129 Å². The SMILES string of the molecule is CCCNC(CN1CC2CCCC2C1)c1cccc(C)c1. The number of likely N-dealkylation sites (tertiary alicyclic amines) is 1. The molecule has 21 heavy (non-hydrogen) atoms. The van der Waals surface area contributed by atoms with Crippen molar-refractivity contribution >= 4 is 0 Å². The van der Waals surface area contributed by atoms with Crippen molar-refractivity contribution in [1.29, 1.82) is 0 Å². The van der Waals surface area contributed by atoms with Gasteiger partial charge in [0.25, 0.3) is 0 Å². The summed E-state index contributed by atoms with van der Waals surface area (Å²) in [4.78, 5) is 2.71. The van der Waals surface area contributed by atoms with Crippen molar-refractivity contribution in [2.75, 3.05) is 26.2 Å². The molecule has 0 amide bonds. The third-order valence-electron chi connectivity index (χ3n) is 5.33. The number of fused-ring (bicyclic) bond motifs is 1. The fourth-order valence-corrected chi connectivity index (χ4v) is 4.23. The first kappa shape index (κ1) is 15.1. The Morgan fingerprint density at radius 2 is 2.00 bits per heavy atom. The highest BCUT2D eigenvalue weighted by Crippen LogP contribution is 2.38. The van der Waals surface area contributed by atoms with E-state index in [9.17, 15) is 0 Å². The van der Waals surface area contributed by atoms with Crippen molar-refractivity contribution in [2.45, 2.75) is 45.6 Å². The topological polar surface area (TPSA) is 15.3 Å². The molecule has 0 spiro atoms. The molecule has 2 heteroatoms. The zero-order valence-electron chi connectivity index (χ0n) is 13.6. The molecule has 1 N–H and O–H groups in total. The summed E-state index contributed by atoms with van der Waals surface area (Å²) in [6.45, 7) is 9.40. The van der Waals surface area contributed by atoms with Crippen molar-refractivity contribution < 1.29 is 0 Å². The Kier molecular flexibility index (Phi) is 4.97. The van der Waals surface area contributed by atoms with Crippen LogP contribution >= 0.6 is 0 Å². The van der Waals surface area contributed by atoms with Crippen LogP contribution in [0.25, 0.3) is 0 Å². The average molecular weight is 286 g/mol. The van der Waals surface area contributed by atoms with Crippen LogP contribution in [0.15, 0.2) is 24.3 Å². The molecule has 116 valence electrons. The molecule has 3 atom stereocenters. The third-order valence-corrected chi connectivity index (χ3v) is 5.33. The molecule has 1 heterocycles. The third kappa shape index (κ3) is 3.67. The molecular weight excluding hydrogens is 256 g/mol. The van der Waals surface area contributed by atoms with Gasteiger partial charge in [-0.2, -0.15) is 0 Å². The zero-order chi connectivity index (χ0) is 14.7. The molecule has 1 aromatic carbocycles. The van der Waals surface area contributed by atoms with E-state index in [2.05, 4.69) is 48.3 Å². The lowest BCUT2D eigenvalue weighted by atomic mass is 10.0. The number of hydrogen-bond donors (Lipinski definition) is 1. The number of nitrogens with zero attached hydrogens (tertiary/aromatic N) is 1. The maximum Gasteiger partial charge on any atom is 0.0449 e. The fraction of sp³-hybridized carbons (Fsp3) is 0.684. The van der Waals surface area contributed by atoms with Crippen molar-refractivity contribution in [3.05, 3.63) is 35.4 Å². The van der Waals surface area contributed by atoms with Gasteiger partial charge < -0.3 is 10.2 Å². The molecule has 0 radical (unpaired) electrons. The van der Waals surface area contributed by atoms with E-state index in [1.54, 1.807) is 0 Å². The van der Waals surface area contributed by atoms with E-state index in [-0.39, 0.29) is 0 Å². The minimum atomic E-state index is 0.490. The normalized spacial score (nSPS) is 27.0. The van der Waals surface area contributed by atoms with E-state index in [0.717, 1.165) is 18.4 Å². The predicted molar refractivity (Wildman–Crippen MR) is 89.5 cm³/mol. The number of aryl methyl sites for hydroxylation is 1. The van der Waals surface area contributed by atoms with E-state index in [1.165, 1.54) is 56.4 Å². The first-order valence-electron chi connectivity index (χ1n) is 8.78. The van der Waals surface area contributed by atoms with E-state index < -0.39 is 0 Å². The van der Waals surface area contributed by atoms with Gasteiger partial charge >= 0.3 is 0 Å². The van der Waals surface area contributed by atoms with Crippen molar-refractivity contribution in [1.82, 2.24) is 10.2 Å². The van der Waals surface area contributed by atoms with Crippen LogP contribution in [-0.4, -0.2) is 31.1 Å². The van der Waals surface area contributed by atoms with Crippen molar-refractivity contribution in [3.63, 3.8) is 0 Å². The Morgan fingerprint density at radius 3 is 2.67 bits per heavy atom. The summed E-state index contributed by atoms with van der Waals surface area (Å²) in [5.74, 6) is 1.99. The molecule has 0 aromatic heterocycles. The summed E-state index contributed by atoms with van der Waals surface area (Å²) < 4.78 is 0. The molecule has 3 unspecified atom stereocenters. The van der Waals surface area contributed by atoms with Gasteiger partial charge in [-0.05, 0) is 50.1 Å². The van der Waals surface area contributed by atoms with Crippen molar-refractivity contribution in [3.8, 4) is 0 Å². The lowest BCUT2D eigenvalue weighted by Gasteiger charge is -2.26. The lowest BCUT2D eigenvalue weighted by Crippen LogP contribution is -2.35. The number of hydrogen-bond acceptors (Lipinski definition) is 2. The highest BCUT2D eigenvalue weighted by Gasteiger charge is 2.36. The molecule has 2 aliphatic rings. The second-order valence-electron chi connectivity index (χ2n) is 7.09. The van der Waals surface area contributed by atoms with Crippen LogP contribution in [0, 0.1) is 18.8 Å². The van der Waals surface area contributed by atoms with E-state index in [4.69, 9.17) is 0 Å². The monoisotopic (exact) mass is 286 g/mol. The Bertz CT molecular complexity index is 445. The summed E-state index contributed by atoms with van der Waals surface area (Å²) in [5, 5.41) is 3.76. The molecule has 0 bridgehead atoms. The average Bonchev–Trinajstić information content (AvgIpc) is 3.04. The first-order valence-corrected chi connectivity index (χ1v) is 8.78. The summed E-state index contributed by atoms with van der Waals surface area (Å²) in [6.07, 6.45) is 5.61. The highest BCUT2D eigenvalue weighted by atomic mass is 15.2. The van der Waals surface area contributed by atoms with E-state index >= 15 is 0 Å². The fourth-order valence-electron chi connectivity index (χ4n) is 4.23. The summed E-state index contributed by atoms with van der Waals surface area (Å²) in [5.41, 5.74) is 2.83. The van der Waals surface area contributed by atoms with Crippen LogP contribution in [0.4, 0.5) is 0 Å². The maximum atomic E-state index is 3.76. The van der Waals surface area contributed by atoms with E-state index in [1.807, 2.05) is 0 Å². The summed E-state index contributed by atoms with van der Waals surface area (Å²) in [7, 11) is 0.